The van der Waals surface area contributed by atoms with E-state index >= 15 is 0 Å². The van der Waals surface area contributed by atoms with Gasteiger partial charge in [-0.2, -0.15) is 0 Å². The van der Waals surface area contributed by atoms with E-state index in [1.807, 2.05) is 0 Å². The molecule has 0 radical (unpaired) electrons. The van der Waals surface area contributed by atoms with Crippen LogP contribution in [0.1, 0.15) is 342 Å². The van der Waals surface area contributed by atoms with Gasteiger partial charge in [0.05, 0.1) is 0 Å². The predicted octanol–water partition coefficient (Wildman–Crippen LogP) is 22.3. The average molecular weight is 1050 g/mol. The molecule has 0 saturated carbocycles. The van der Waals surface area contributed by atoms with Gasteiger partial charge in [-0.3, -0.25) is 14.4 Å². The molecule has 75 heavy (non-hydrogen) atoms. The number of esters is 3. The summed E-state index contributed by atoms with van der Waals surface area (Å²) in [6.07, 6.45) is 80.8. The van der Waals surface area contributed by atoms with Crippen molar-refractivity contribution in [3.05, 3.63) is 60.8 Å². The van der Waals surface area contributed by atoms with Crippen LogP contribution < -0.4 is 0 Å². The SMILES string of the molecule is CC/C=C\C/C=C\C/C=C\C/C=C\CCCCCCCCC(=O)OC(COC(=O)CCCCCCCCC/C=C\CCCCCCCCC)COC(=O)CCCCCCCCCCCCCCCCCCCCCC. The second kappa shape index (κ2) is 63.6. The molecule has 1 atom stereocenters. The summed E-state index contributed by atoms with van der Waals surface area (Å²) < 4.78 is 17.0. The van der Waals surface area contributed by atoms with Gasteiger partial charge < -0.3 is 14.2 Å². The molecule has 0 spiro atoms. The lowest BCUT2D eigenvalue weighted by Crippen LogP contribution is -2.30. The molecule has 0 aliphatic carbocycles. The van der Waals surface area contributed by atoms with Crippen LogP contribution in [-0.4, -0.2) is 37.2 Å². The minimum Gasteiger partial charge on any atom is -0.462 e. The minimum atomic E-state index is -0.783. The maximum Gasteiger partial charge on any atom is 0.306 e. The highest BCUT2D eigenvalue weighted by atomic mass is 16.6. The highest BCUT2D eigenvalue weighted by Gasteiger charge is 2.19. The number of hydrogen-bond donors (Lipinski definition) is 0. The highest BCUT2D eigenvalue weighted by Crippen LogP contribution is 2.17. The summed E-state index contributed by atoms with van der Waals surface area (Å²) in [6, 6.07) is 0. The molecule has 0 aromatic rings. The van der Waals surface area contributed by atoms with Gasteiger partial charge >= 0.3 is 17.9 Å². The van der Waals surface area contributed by atoms with E-state index in [-0.39, 0.29) is 31.1 Å². The molecule has 0 heterocycles. The standard InChI is InChI=1S/C69H124O6/c1-4-7-10-13-16-19-22-25-28-31-34-36-38-41-44-47-50-53-56-59-62-68(71)74-65-66(64-73-67(70)61-58-55-52-49-46-43-40-37-33-30-27-24-21-18-15-12-9-6-3)75-69(72)63-60-57-54-51-48-45-42-39-35-32-29-26-23-20-17-14-11-8-5-2/h8,11,17,20,26,29-30,33,35,39,66H,4-7,9-10,12-16,18-19,21-25,27-28,31-32,34,36-38,40-65H2,1-3H3/b11-8-,20-17-,29-26-,33-30-,39-35-. The van der Waals surface area contributed by atoms with Gasteiger partial charge in [-0.15, -0.1) is 0 Å². The number of unbranched alkanes of at least 4 members (excludes halogenated alkanes) is 39. The topological polar surface area (TPSA) is 78.9 Å². The van der Waals surface area contributed by atoms with Crippen LogP contribution >= 0.6 is 0 Å². The first-order valence-electron chi connectivity index (χ1n) is 32.8. The molecule has 0 aromatic carbocycles. The van der Waals surface area contributed by atoms with Gasteiger partial charge in [0.25, 0.3) is 0 Å². The van der Waals surface area contributed by atoms with Crippen molar-refractivity contribution in [2.75, 3.05) is 13.2 Å². The van der Waals surface area contributed by atoms with Crippen molar-refractivity contribution in [3.63, 3.8) is 0 Å². The smallest absolute Gasteiger partial charge is 0.306 e. The van der Waals surface area contributed by atoms with Gasteiger partial charge in [0, 0.05) is 19.3 Å². The Morgan fingerprint density at radius 2 is 0.520 bits per heavy atom. The van der Waals surface area contributed by atoms with Crippen LogP contribution in [0.15, 0.2) is 60.8 Å². The number of carbonyl (C=O) groups is 3. The van der Waals surface area contributed by atoms with Gasteiger partial charge in [0.2, 0.25) is 0 Å². The third kappa shape index (κ3) is 61.8. The number of hydrogen-bond acceptors (Lipinski definition) is 6. The van der Waals surface area contributed by atoms with Crippen LogP contribution in [-0.2, 0) is 28.6 Å². The average Bonchev–Trinajstić information content (AvgIpc) is 3.41. The molecule has 0 aliphatic heterocycles. The van der Waals surface area contributed by atoms with Crippen molar-refractivity contribution in [3.8, 4) is 0 Å². The molecule has 6 heteroatoms. The van der Waals surface area contributed by atoms with Crippen molar-refractivity contribution in [2.45, 2.75) is 348 Å². The van der Waals surface area contributed by atoms with Crippen LogP contribution in [0.25, 0.3) is 0 Å². The molecule has 436 valence electrons. The minimum absolute atomic E-state index is 0.0781. The molecule has 0 aliphatic rings. The van der Waals surface area contributed by atoms with E-state index in [0.717, 1.165) is 96.3 Å². The monoisotopic (exact) mass is 1050 g/mol. The molecule has 0 bridgehead atoms. The lowest BCUT2D eigenvalue weighted by Gasteiger charge is -2.18. The van der Waals surface area contributed by atoms with Gasteiger partial charge in [-0.05, 0) is 83.5 Å². The fraction of sp³-hybridized carbons (Fsp3) is 0.812. The molecule has 0 aromatic heterocycles. The number of allylic oxidation sites excluding steroid dienone is 10. The summed E-state index contributed by atoms with van der Waals surface area (Å²) in [5.74, 6) is -0.876. The molecule has 0 rings (SSSR count). The molecule has 6 nitrogen and oxygen atoms in total. The fourth-order valence-corrected chi connectivity index (χ4v) is 9.61. The number of carbonyl (C=O) groups excluding carboxylic acids is 3. The highest BCUT2D eigenvalue weighted by molar-refractivity contribution is 5.71. The van der Waals surface area contributed by atoms with Crippen LogP contribution in [0.3, 0.4) is 0 Å². The Hall–Kier alpha value is -2.89. The maximum absolute atomic E-state index is 12.9. The van der Waals surface area contributed by atoms with Crippen LogP contribution in [0.5, 0.6) is 0 Å². The van der Waals surface area contributed by atoms with Gasteiger partial charge in [-0.25, -0.2) is 0 Å². The number of ether oxygens (including phenoxy) is 3. The predicted molar refractivity (Wildman–Crippen MR) is 325 cm³/mol. The third-order valence-corrected chi connectivity index (χ3v) is 14.5. The number of rotatable bonds is 60. The zero-order chi connectivity index (χ0) is 54.3. The second-order valence-electron chi connectivity index (χ2n) is 22.0. The molecular weight excluding hydrogens is 925 g/mol. The van der Waals surface area contributed by atoms with E-state index in [9.17, 15) is 14.4 Å². The van der Waals surface area contributed by atoms with Gasteiger partial charge in [0.15, 0.2) is 6.10 Å². The van der Waals surface area contributed by atoms with Gasteiger partial charge in [-0.1, -0.05) is 300 Å². The Labute approximate surface area is 466 Å². The zero-order valence-corrected chi connectivity index (χ0v) is 50.1. The van der Waals surface area contributed by atoms with E-state index in [2.05, 4.69) is 81.5 Å². The Morgan fingerprint density at radius 3 is 0.827 bits per heavy atom. The van der Waals surface area contributed by atoms with Crippen molar-refractivity contribution in [1.29, 1.82) is 0 Å². The summed E-state index contributed by atoms with van der Waals surface area (Å²) in [7, 11) is 0. The first kappa shape index (κ1) is 72.1. The lowest BCUT2D eigenvalue weighted by molar-refractivity contribution is -0.167. The first-order valence-corrected chi connectivity index (χ1v) is 32.8. The van der Waals surface area contributed by atoms with E-state index in [0.29, 0.717) is 19.3 Å². The van der Waals surface area contributed by atoms with Crippen LogP contribution in [0.2, 0.25) is 0 Å². The van der Waals surface area contributed by atoms with Crippen molar-refractivity contribution < 1.29 is 28.6 Å². The quantitative estimate of drug-likeness (QED) is 0.0261. The Bertz CT molecular complexity index is 1340. The Balaban J connectivity index is 4.37. The summed E-state index contributed by atoms with van der Waals surface area (Å²) >= 11 is 0. The van der Waals surface area contributed by atoms with Crippen molar-refractivity contribution in [2.24, 2.45) is 0 Å². The maximum atomic E-state index is 12.9. The molecule has 1 unspecified atom stereocenters. The van der Waals surface area contributed by atoms with Gasteiger partial charge in [0.1, 0.15) is 13.2 Å². The van der Waals surface area contributed by atoms with E-state index in [1.54, 1.807) is 0 Å². The summed E-state index contributed by atoms with van der Waals surface area (Å²) in [5, 5.41) is 0. The Morgan fingerprint density at radius 1 is 0.280 bits per heavy atom. The normalized spacial score (nSPS) is 12.4. The summed E-state index contributed by atoms with van der Waals surface area (Å²) in [4.78, 5) is 38.4. The third-order valence-electron chi connectivity index (χ3n) is 14.5. The molecule has 0 saturated heterocycles. The molecule has 0 fully saturated rings. The zero-order valence-electron chi connectivity index (χ0n) is 50.1. The summed E-state index contributed by atoms with van der Waals surface area (Å²) in [6.45, 7) is 6.57. The van der Waals surface area contributed by atoms with Crippen molar-refractivity contribution >= 4 is 17.9 Å². The van der Waals surface area contributed by atoms with Crippen LogP contribution in [0.4, 0.5) is 0 Å². The lowest BCUT2D eigenvalue weighted by atomic mass is 10.0. The van der Waals surface area contributed by atoms with Crippen LogP contribution in [0, 0.1) is 0 Å². The summed E-state index contributed by atoms with van der Waals surface area (Å²) in [5.41, 5.74) is 0. The molecular formula is C69H124O6. The molecule has 0 amide bonds. The molecule has 0 N–H and O–H groups in total. The van der Waals surface area contributed by atoms with Crippen molar-refractivity contribution in [1.82, 2.24) is 0 Å². The Kier molecular flexibility index (Phi) is 61.2. The van der Waals surface area contributed by atoms with E-state index < -0.39 is 6.10 Å². The fourth-order valence-electron chi connectivity index (χ4n) is 9.61. The largest absolute Gasteiger partial charge is 0.462 e. The second-order valence-corrected chi connectivity index (χ2v) is 22.0. The van der Waals surface area contributed by atoms with E-state index in [1.165, 1.54) is 205 Å². The van der Waals surface area contributed by atoms with E-state index in [4.69, 9.17) is 14.2 Å². The first-order chi connectivity index (χ1) is 37.0.